The molecule has 0 spiro atoms. The third kappa shape index (κ3) is 3.83. The molecular weight excluding hydrogens is 464 g/mol. The largest absolute Gasteiger partial charge is 0.495 e. The van der Waals surface area contributed by atoms with E-state index in [2.05, 4.69) is 63.9 Å². The Morgan fingerprint density at radius 2 is 1.74 bits per heavy atom. The fourth-order valence-electron chi connectivity index (χ4n) is 4.82. The second kappa shape index (κ2) is 9.12. The lowest BCUT2D eigenvalue weighted by Gasteiger charge is -2.28. The second-order valence-electron chi connectivity index (χ2n) is 8.31. The van der Waals surface area contributed by atoms with Gasteiger partial charge in [-0.1, -0.05) is 35.9 Å². The van der Waals surface area contributed by atoms with Crippen molar-refractivity contribution in [3.63, 3.8) is 0 Å². The van der Waals surface area contributed by atoms with Crippen LogP contribution >= 0.6 is 23.8 Å². The molecule has 2 aromatic heterocycles. The zero-order valence-corrected chi connectivity index (χ0v) is 20.8. The summed E-state index contributed by atoms with van der Waals surface area (Å²) in [6.07, 6.45) is 1.82. The van der Waals surface area contributed by atoms with Crippen LogP contribution < -0.4 is 15.0 Å². The van der Waals surface area contributed by atoms with Gasteiger partial charge in [0.25, 0.3) is 0 Å². The van der Waals surface area contributed by atoms with Crippen LogP contribution in [0.15, 0.2) is 79.0 Å². The summed E-state index contributed by atoms with van der Waals surface area (Å²) < 4.78 is 7.65. The first-order valence-corrected chi connectivity index (χ1v) is 11.9. The third-order valence-electron chi connectivity index (χ3n) is 6.31. The van der Waals surface area contributed by atoms with Gasteiger partial charge in [0.15, 0.2) is 5.11 Å². The number of rotatable bonds is 5. The maximum absolute atomic E-state index is 6.51. The predicted molar refractivity (Wildman–Crippen MR) is 141 cm³/mol. The molecule has 1 fully saturated rings. The van der Waals surface area contributed by atoms with Gasteiger partial charge in [0.05, 0.1) is 29.9 Å². The average Bonchev–Trinajstić information content (AvgIpc) is 3.35. The minimum absolute atomic E-state index is 0.115. The maximum Gasteiger partial charge on any atom is 0.174 e. The molecule has 5 nitrogen and oxygen atoms in total. The summed E-state index contributed by atoms with van der Waals surface area (Å²) in [6, 6.07) is 24.1. The van der Waals surface area contributed by atoms with Gasteiger partial charge >= 0.3 is 0 Å². The minimum atomic E-state index is -0.126. The van der Waals surface area contributed by atoms with E-state index >= 15 is 0 Å². The molecule has 172 valence electrons. The van der Waals surface area contributed by atoms with Gasteiger partial charge in [0, 0.05) is 29.0 Å². The van der Waals surface area contributed by atoms with E-state index in [1.54, 1.807) is 7.11 Å². The van der Waals surface area contributed by atoms with Crippen LogP contribution in [0.1, 0.15) is 34.7 Å². The van der Waals surface area contributed by atoms with Crippen LogP contribution in [0.4, 0.5) is 5.69 Å². The number of nitrogens with zero attached hydrogens (tertiary/aromatic N) is 3. The highest BCUT2D eigenvalue weighted by atomic mass is 35.5. The lowest BCUT2D eigenvalue weighted by Crippen LogP contribution is -2.29. The molecule has 1 aliphatic rings. The first-order chi connectivity index (χ1) is 16.5. The molecular formula is C27H25ClN4OS. The fraction of sp³-hybridized carbons (Fsp3) is 0.185. The smallest absolute Gasteiger partial charge is 0.174 e. The number of para-hydroxylation sites is 1. The summed E-state index contributed by atoms with van der Waals surface area (Å²) >= 11 is 12.4. The number of methoxy groups -OCH3 is 1. The zero-order chi connectivity index (χ0) is 23.8. The number of aryl methyl sites for hydroxylation is 1. The molecule has 2 aromatic carbocycles. The van der Waals surface area contributed by atoms with E-state index in [0.717, 1.165) is 28.5 Å². The predicted octanol–water partition coefficient (Wildman–Crippen LogP) is 6.33. The van der Waals surface area contributed by atoms with E-state index in [0.29, 0.717) is 15.9 Å². The van der Waals surface area contributed by atoms with Crippen molar-refractivity contribution in [2.75, 3.05) is 12.0 Å². The molecule has 5 rings (SSSR count). The molecule has 2 unspecified atom stereocenters. The Labute approximate surface area is 210 Å². The molecule has 1 saturated heterocycles. The van der Waals surface area contributed by atoms with Crippen LogP contribution in [0.25, 0.3) is 5.69 Å². The Balaban J connectivity index is 1.68. The normalized spacial score (nSPS) is 17.6. The minimum Gasteiger partial charge on any atom is -0.495 e. The van der Waals surface area contributed by atoms with Crippen molar-refractivity contribution in [2.24, 2.45) is 0 Å². The first kappa shape index (κ1) is 22.4. The molecule has 0 amide bonds. The fourth-order valence-corrected chi connectivity index (χ4v) is 5.41. The standard InChI is InChI=1S/C27H25ClN4OS/c1-17-15-21(18(2)31(17)19-9-5-4-6-10-19)26-25(23-11-7-8-14-29-23)30-27(34)32(26)20-12-13-24(33-3)22(28)16-20/h4-16,25-26H,1-3H3,(H,30,34). The summed E-state index contributed by atoms with van der Waals surface area (Å²) in [5, 5.41) is 4.69. The highest BCUT2D eigenvalue weighted by Gasteiger charge is 2.42. The van der Waals surface area contributed by atoms with Crippen molar-refractivity contribution in [2.45, 2.75) is 25.9 Å². The number of halogens is 1. The van der Waals surface area contributed by atoms with Gasteiger partial charge in [0.1, 0.15) is 5.75 Å². The molecule has 0 bridgehead atoms. The van der Waals surface area contributed by atoms with Crippen LogP contribution in [-0.4, -0.2) is 21.8 Å². The number of hydrogen-bond acceptors (Lipinski definition) is 3. The Morgan fingerprint density at radius 1 is 0.971 bits per heavy atom. The molecule has 3 heterocycles. The number of anilines is 1. The summed E-state index contributed by atoms with van der Waals surface area (Å²) in [5.41, 5.74) is 6.45. The summed E-state index contributed by atoms with van der Waals surface area (Å²) in [5.74, 6) is 0.628. The molecule has 4 aromatic rings. The van der Waals surface area contributed by atoms with E-state index in [1.165, 1.54) is 5.56 Å². The van der Waals surface area contributed by atoms with Crippen molar-refractivity contribution in [3.05, 3.63) is 107 Å². The van der Waals surface area contributed by atoms with Gasteiger partial charge in [-0.05, 0) is 80.2 Å². The topological polar surface area (TPSA) is 42.3 Å². The maximum atomic E-state index is 6.51. The van der Waals surface area contributed by atoms with Crippen LogP contribution in [0.5, 0.6) is 5.75 Å². The van der Waals surface area contributed by atoms with E-state index in [-0.39, 0.29) is 12.1 Å². The quantitative estimate of drug-likeness (QED) is 0.332. The Kier molecular flexibility index (Phi) is 6.02. The lowest BCUT2D eigenvalue weighted by molar-refractivity contribution is 0.415. The number of benzene rings is 2. The number of hydrogen-bond donors (Lipinski definition) is 1. The van der Waals surface area contributed by atoms with Gasteiger partial charge in [-0.15, -0.1) is 0 Å². The number of nitrogens with one attached hydrogen (secondary N) is 1. The van der Waals surface area contributed by atoms with Gasteiger partial charge in [-0.2, -0.15) is 0 Å². The van der Waals surface area contributed by atoms with Crippen LogP contribution in [-0.2, 0) is 0 Å². The third-order valence-corrected chi connectivity index (χ3v) is 6.92. The van der Waals surface area contributed by atoms with E-state index in [9.17, 15) is 0 Å². The molecule has 1 N–H and O–H groups in total. The van der Waals surface area contributed by atoms with Gasteiger partial charge in [-0.3, -0.25) is 4.98 Å². The van der Waals surface area contributed by atoms with Crippen LogP contribution in [0.2, 0.25) is 5.02 Å². The van der Waals surface area contributed by atoms with Gasteiger partial charge < -0.3 is 19.5 Å². The highest BCUT2D eigenvalue weighted by molar-refractivity contribution is 7.80. The number of aromatic nitrogens is 2. The molecule has 0 saturated carbocycles. The SMILES string of the molecule is COc1ccc(N2C(=S)NC(c3ccccn3)C2c2cc(C)n(-c3ccccc3)c2C)cc1Cl. The Hall–Kier alpha value is -3.35. The van der Waals surface area contributed by atoms with Crippen LogP contribution in [0.3, 0.4) is 0 Å². The Morgan fingerprint density at radius 3 is 2.41 bits per heavy atom. The first-order valence-electron chi connectivity index (χ1n) is 11.1. The molecule has 0 aliphatic carbocycles. The highest BCUT2D eigenvalue weighted by Crippen LogP contribution is 2.44. The molecule has 7 heteroatoms. The van der Waals surface area contributed by atoms with Crippen LogP contribution in [0, 0.1) is 13.8 Å². The summed E-state index contributed by atoms with van der Waals surface area (Å²) in [7, 11) is 1.61. The van der Waals surface area contributed by atoms with Crippen molar-refractivity contribution in [1.29, 1.82) is 0 Å². The number of thiocarbonyl (C=S) groups is 1. The monoisotopic (exact) mass is 488 g/mol. The van der Waals surface area contributed by atoms with Crippen molar-refractivity contribution in [3.8, 4) is 11.4 Å². The van der Waals surface area contributed by atoms with Gasteiger partial charge in [0.2, 0.25) is 0 Å². The molecule has 34 heavy (non-hydrogen) atoms. The van der Waals surface area contributed by atoms with Crippen molar-refractivity contribution >= 4 is 34.6 Å². The molecule has 1 aliphatic heterocycles. The molecule has 2 atom stereocenters. The average molecular weight is 489 g/mol. The van der Waals surface area contributed by atoms with E-state index in [4.69, 9.17) is 28.6 Å². The zero-order valence-electron chi connectivity index (χ0n) is 19.2. The van der Waals surface area contributed by atoms with E-state index in [1.807, 2.05) is 48.7 Å². The summed E-state index contributed by atoms with van der Waals surface area (Å²) in [4.78, 5) is 6.80. The number of ether oxygens (including phenoxy) is 1. The molecule has 0 radical (unpaired) electrons. The lowest BCUT2D eigenvalue weighted by atomic mass is 9.96. The summed E-state index contributed by atoms with van der Waals surface area (Å²) in [6.45, 7) is 4.29. The van der Waals surface area contributed by atoms with Gasteiger partial charge in [-0.25, -0.2) is 0 Å². The second-order valence-corrected chi connectivity index (χ2v) is 9.11. The van der Waals surface area contributed by atoms with E-state index < -0.39 is 0 Å². The van der Waals surface area contributed by atoms with Crippen molar-refractivity contribution in [1.82, 2.24) is 14.9 Å². The number of pyridine rings is 1. The Bertz CT molecular complexity index is 1340. The van der Waals surface area contributed by atoms with Crippen molar-refractivity contribution < 1.29 is 4.74 Å².